The summed E-state index contributed by atoms with van der Waals surface area (Å²) in [6.07, 6.45) is 7.80. The number of H-pyrrole nitrogens is 1. The first kappa shape index (κ1) is 19.3. The van der Waals surface area contributed by atoms with Gasteiger partial charge in [-0.15, -0.1) is 0 Å². The van der Waals surface area contributed by atoms with Crippen LogP contribution < -0.4 is 5.56 Å². The molecular formula is C23H34N4O2. The van der Waals surface area contributed by atoms with Crippen LogP contribution in [0.25, 0.3) is 0 Å². The number of hydrogen-bond acceptors (Lipinski definition) is 4. The summed E-state index contributed by atoms with van der Waals surface area (Å²) in [7, 11) is 0. The van der Waals surface area contributed by atoms with Gasteiger partial charge >= 0.3 is 0 Å². The van der Waals surface area contributed by atoms with E-state index < -0.39 is 0 Å². The molecule has 1 amide bonds. The summed E-state index contributed by atoms with van der Waals surface area (Å²) >= 11 is 0. The zero-order chi connectivity index (χ0) is 20.1. The number of nitrogens with zero attached hydrogens (tertiary/aromatic N) is 3. The molecule has 0 spiro atoms. The molecule has 29 heavy (non-hydrogen) atoms. The van der Waals surface area contributed by atoms with Gasteiger partial charge in [-0.2, -0.15) is 0 Å². The summed E-state index contributed by atoms with van der Waals surface area (Å²) < 4.78 is 0. The van der Waals surface area contributed by atoms with Gasteiger partial charge in [0, 0.05) is 50.5 Å². The fourth-order valence-corrected chi connectivity index (χ4v) is 6.04. The molecular weight excluding hydrogens is 364 g/mol. The summed E-state index contributed by atoms with van der Waals surface area (Å²) in [6.45, 7) is 7.63. The van der Waals surface area contributed by atoms with E-state index in [-0.39, 0.29) is 11.5 Å². The van der Waals surface area contributed by atoms with Crippen LogP contribution in [0.2, 0.25) is 0 Å². The van der Waals surface area contributed by atoms with Crippen LogP contribution in [-0.4, -0.2) is 51.4 Å². The topological polar surface area (TPSA) is 69.3 Å². The number of hydrogen-bond donors (Lipinski definition) is 1. The first-order valence-electron chi connectivity index (χ1n) is 11.7. The number of rotatable bonds is 3. The van der Waals surface area contributed by atoms with Crippen LogP contribution in [0.3, 0.4) is 0 Å². The van der Waals surface area contributed by atoms with Gasteiger partial charge in [0.2, 0.25) is 5.91 Å². The Balaban J connectivity index is 1.23. The number of carbonyl (C=O) groups is 1. The van der Waals surface area contributed by atoms with E-state index in [2.05, 4.69) is 28.6 Å². The molecule has 2 saturated carbocycles. The Morgan fingerprint density at radius 1 is 1.07 bits per heavy atom. The summed E-state index contributed by atoms with van der Waals surface area (Å²) in [5, 5.41) is 0. The summed E-state index contributed by atoms with van der Waals surface area (Å²) in [5.74, 6) is 3.19. The van der Waals surface area contributed by atoms with Gasteiger partial charge in [-0.3, -0.25) is 14.5 Å². The maximum atomic E-state index is 12.9. The minimum atomic E-state index is 0.0379. The Morgan fingerprint density at radius 3 is 2.41 bits per heavy atom. The van der Waals surface area contributed by atoms with E-state index in [1.807, 2.05) is 0 Å². The molecule has 4 aliphatic rings. The van der Waals surface area contributed by atoms with E-state index in [0.29, 0.717) is 36.2 Å². The van der Waals surface area contributed by atoms with E-state index in [0.717, 1.165) is 56.0 Å². The predicted octanol–water partition coefficient (Wildman–Crippen LogP) is 2.68. The summed E-state index contributed by atoms with van der Waals surface area (Å²) in [5.41, 5.74) is 1.87. The predicted molar refractivity (Wildman–Crippen MR) is 112 cm³/mol. The highest BCUT2D eigenvalue weighted by Gasteiger charge is 2.55. The normalized spacial score (nSPS) is 30.2. The number of carbonyl (C=O) groups excluding carboxylic acids is 1. The fraction of sp³-hybridized carbons (Fsp3) is 0.783. The molecule has 0 radical (unpaired) electrons. The lowest BCUT2D eigenvalue weighted by Crippen LogP contribution is -2.41. The van der Waals surface area contributed by atoms with Crippen LogP contribution in [0.4, 0.5) is 0 Å². The minimum absolute atomic E-state index is 0.0379. The average molecular weight is 399 g/mol. The van der Waals surface area contributed by atoms with Crippen molar-refractivity contribution in [2.24, 2.45) is 17.8 Å². The molecule has 1 saturated heterocycles. The van der Waals surface area contributed by atoms with Gasteiger partial charge in [-0.1, -0.05) is 12.8 Å². The second kappa shape index (κ2) is 7.53. The molecule has 3 fully saturated rings. The highest BCUT2D eigenvalue weighted by Crippen LogP contribution is 2.56. The number of aromatic amines is 1. The lowest BCUT2D eigenvalue weighted by molar-refractivity contribution is -0.134. The third-order valence-corrected chi connectivity index (χ3v) is 7.98. The lowest BCUT2D eigenvalue weighted by Gasteiger charge is -2.33. The third kappa shape index (κ3) is 3.54. The van der Waals surface area contributed by atoms with Crippen molar-refractivity contribution in [2.75, 3.05) is 19.6 Å². The molecule has 1 aromatic heterocycles. The molecule has 3 atom stereocenters. The van der Waals surface area contributed by atoms with Gasteiger partial charge in [0.25, 0.3) is 5.56 Å². The smallest absolute Gasteiger partial charge is 0.255 e. The monoisotopic (exact) mass is 398 g/mol. The molecule has 2 aliphatic heterocycles. The van der Waals surface area contributed by atoms with Crippen molar-refractivity contribution in [3.05, 3.63) is 27.4 Å². The van der Waals surface area contributed by atoms with Gasteiger partial charge in [-0.25, -0.2) is 4.98 Å². The molecule has 6 heteroatoms. The number of fused-ring (bicyclic) bond motifs is 2. The van der Waals surface area contributed by atoms with E-state index in [1.165, 1.54) is 25.7 Å². The molecule has 0 bridgehead atoms. The number of piperidine rings is 1. The van der Waals surface area contributed by atoms with E-state index in [1.54, 1.807) is 0 Å². The number of aromatic nitrogens is 2. The second-order valence-electron chi connectivity index (χ2n) is 9.93. The van der Waals surface area contributed by atoms with Crippen LogP contribution in [0.15, 0.2) is 4.79 Å². The largest absolute Gasteiger partial charge is 0.342 e. The molecule has 1 aromatic rings. The highest BCUT2D eigenvalue weighted by molar-refractivity contribution is 5.82. The van der Waals surface area contributed by atoms with Crippen LogP contribution in [0.1, 0.15) is 75.4 Å². The van der Waals surface area contributed by atoms with Crippen molar-refractivity contribution in [1.82, 2.24) is 19.8 Å². The molecule has 0 aromatic carbocycles. The molecule has 1 unspecified atom stereocenters. The molecule has 6 nitrogen and oxygen atoms in total. The minimum Gasteiger partial charge on any atom is -0.342 e. The summed E-state index contributed by atoms with van der Waals surface area (Å²) in [6, 6.07) is 0.444. The van der Waals surface area contributed by atoms with Gasteiger partial charge in [-0.05, 0) is 51.4 Å². The Bertz CT molecular complexity index is 828. The Morgan fingerprint density at radius 2 is 1.76 bits per heavy atom. The van der Waals surface area contributed by atoms with Crippen molar-refractivity contribution in [2.45, 2.75) is 77.3 Å². The number of likely N-dealkylation sites (tertiary alicyclic amines) is 1. The quantitative estimate of drug-likeness (QED) is 0.850. The van der Waals surface area contributed by atoms with Gasteiger partial charge < -0.3 is 9.88 Å². The lowest BCUT2D eigenvalue weighted by atomic mass is 9.94. The van der Waals surface area contributed by atoms with Gasteiger partial charge in [0.05, 0.1) is 11.3 Å². The highest BCUT2D eigenvalue weighted by atomic mass is 16.2. The van der Waals surface area contributed by atoms with Crippen molar-refractivity contribution >= 4 is 5.91 Å². The van der Waals surface area contributed by atoms with Crippen molar-refractivity contribution in [3.63, 3.8) is 0 Å². The van der Waals surface area contributed by atoms with Crippen LogP contribution in [0.5, 0.6) is 0 Å². The number of nitrogens with one attached hydrogen (secondary N) is 1. The fourth-order valence-electron chi connectivity index (χ4n) is 6.04. The zero-order valence-corrected chi connectivity index (χ0v) is 17.8. The average Bonchev–Trinajstić information content (AvgIpc) is 3.47. The SMILES string of the molecule is CC(C)N1CCc2nc(C3CCN(C(=O)C4[C@H]5CCCC[C@@H]45)CC3)[nH]c(=O)c2C1. The van der Waals surface area contributed by atoms with Gasteiger partial charge in [0.1, 0.15) is 5.82 Å². The maximum absolute atomic E-state index is 12.9. The Kier molecular flexibility index (Phi) is 5.01. The third-order valence-electron chi connectivity index (χ3n) is 7.98. The van der Waals surface area contributed by atoms with Crippen LogP contribution in [-0.2, 0) is 17.8 Å². The van der Waals surface area contributed by atoms with Crippen molar-refractivity contribution in [1.29, 1.82) is 0 Å². The first-order chi connectivity index (χ1) is 14.0. The molecule has 158 valence electrons. The Hall–Kier alpha value is -1.69. The first-order valence-corrected chi connectivity index (χ1v) is 11.7. The van der Waals surface area contributed by atoms with Crippen LogP contribution >= 0.6 is 0 Å². The summed E-state index contributed by atoms with van der Waals surface area (Å²) in [4.78, 5) is 38.1. The molecule has 1 N–H and O–H groups in total. The second-order valence-corrected chi connectivity index (χ2v) is 9.93. The van der Waals surface area contributed by atoms with E-state index in [4.69, 9.17) is 4.98 Å². The van der Waals surface area contributed by atoms with Crippen molar-refractivity contribution in [3.8, 4) is 0 Å². The zero-order valence-electron chi connectivity index (χ0n) is 17.8. The van der Waals surface area contributed by atoms with Crippen molar-refractivity contribution < 1.29 is 4.79 Å². The van der Waals surface area contributed by atoms with Crippen LogP contribution in [0, 0.1) is 17.8 Å². The molecule has 2 aliphatic carbocycles. The standard InChI is InChI=1S/C23H34N4O2/c1-14(2)27-12-9-19-18(13-27)22(28)25-21(24-19)15-7-10-26(11-8-15)23(29)20-16-5-3-4-6-17(16)20/h14-17,20H,3-13H2,1-2H3,(H,24,25,28)/t16-,17+,20?. The molecule has 3 heterocycles. The van der Waals surface area contributed by atoms with Gasteiger partial charge in [0.15, 0.2) is 0 Å². The Labute approximate surface area is 173 Å². The maximum Gasteiger partial charge on any atom is 0.255 e. The van der Waals surface area contributed by atoms with E-state index >= 15 is 0 Å². The van der Waals surface area contributed by atoms with E-state index in [9.17, 15) is 9.59 Å². The molecule has 5 rings (SSSR count). The number of amides is 1.